The summed E-state index contributed by atoms with van der Waals surface area (Å²) < 4.78 is 0. The summed E-state index contributed by atoms with van der Waals surface area (Å²) in [6.07, 6.45) is 1.66. The maximum Gasteiger partial charge on any atom is 0.166 e. The zero-order valence-corrected chi connectivity index (χ0v) is 12.2. The van der Waals surface area contributed by atoms with E-state index >= 15 is 0 Å². The minimum Gasteiger partial charge on any atom is -0.347 e. The lowest BCUT2D eigenvalue weighted by Gasteiger charge is -2.00. The van der Waals surface area contributed by atoms with E-state index in [1.54, 1.807) is 0 Å². The standard InChI is InChI=1S/C14H16N2O2S/c1-7-9(3)13(15-11(7)5-17)19-14-10(4)8(2)12(6-18)16-14/h5-6,15-16H,1-4H3. The third-order valence-electron chi connectivity index (χ3n) is 3.55. The van der Waals surface area contributed by atoms with Crippen molar-refractivity contribution in [2.24, 2.45) is 0 Å². The zero-order chi connectivity index (χ0) is 14.2. The molecule has 2 heterocycles. The van der Waals surface area contributed by atoms with Gasteiger partial charge in [-0.3, -0.25) is 9.59 Å². The van der Waals surface area contributed by atoms with Crippen molar-refractivity contribution in [3.8, 4) is 0 Å². The molecular weight excluding hydrogens is 260 g/mol. The van der Waals surface area contributed by atoms with Crippen LogP contribution in [-0.2, 0) is 0 Å². The number of nitrogens with one attached hydrogen (secondary N) is 2. The number of hydrogen-bond donors (Lipinski definition) is 2. The molecule has 2 N–H and O–H groups in total. The first-order valence-electron chi connectivity index (χ1n) is 5.96. The van der Waals surface area contributed by atoms with Crippen molar-refractivity contribution in [1.82, 2.24) is 9.97 Å². The molecule has 5 heteroatoms. The van der Waals surface area contributed by atoms with Crippen LogP contribution >= 0.6 is 11.8 Å². The average molecular weight is 276 g/mol. The van der Waals surface area contributed by atoms with E-state index in [1.807, 2.05) is 27.7 Å². The minimum absolute atomic E-state index is 0.608. The quantitative estimate of drug-likeness (QED) is 0.842. The summed E-state index contributed by atoms with van der Waals surface area (Å²) in [5.74, 6) is 0. The van der Waals surface area contributed by atoms with Crippen LogP contribution in [0.3, 0.4) is 0 Å². The molecular formula is C14H16N2O2S. The zero-order valence-electron chi connectivity index (χ0n) is 11.4. The second kappa shape index (κ2) is 5.09. The molecule has 0 atom stereocenters. The van der Waals surface area contributed by atoms with Crippen LogP contribution in [0.4, 0.5) is 0 Å². The first-order chi connectivity index (χ1) is 8.99. The van der Waals surface area contributed by atoms with E-state index in [1.165, 1.54) is 11.8 Å². The predicted octanol–water partition coefficient (Wildman–Crippen LogP) is 3.35. The van der Waals surface area contributed by atoms with Crippen LogP contribution < -0.4 is 0 Å². The molecule has 2 rings (SSSR count). The van der Waals surface area contributed by atoms with Crippen molar-refractivity contribution in [3.63, 3.8) is 0 Å². The molecule has 0 unspecified atom stereocenters. The van der Waals surface area contributed by atoms with Crippen LogP contribution in [0, 0.1) is 27.7 Å². The summed E-state index contributed by atoms with van der Waals surface area (Å²) in [7, 11) is 0. The van der Waals surface area contributed by atoms with Crippen LogP contribution in [0.15, 0.2) is 10.1 Å². The van der Waals surface area contributed by atoms with Gasteiger partial charge in [0.25, 0.3) is 0 Å². The Morgan fingerprint density at radius 2 is 1.11 bits per heavy atom. The number of aromatic amines is 2. The lowest BCUT2D eigenvalue weighted by Crippen LogP contribution is -1.82. The average Bonchev–Trinajstić information content (AvgIpc) is 2.83. The highest BCUT2D eigenvalue weighted by Crippen LogP contribution is 2.34. The van der Waals surface area contributed by atoms with Crippen LogP contribution in [0.25, 0.3) is 0 Å². The first kappa shape index (κ1) is 13.7. The van der Waals surface area contributed by atoms with Crippen molar-refractivity contribution in [3.05, 3.63) is 33.6 Å². The number of aromatic nitrogens is 2. The summed E-state index contributed by atoms with van der Waals surface area (Å²) in [5, 5.41) is 1.86. The number of carbonyl (C=O) groups excluding carboxylic acids is 2. The highest BCUT2D eigenvalue weighted by Gasteiger charge is 2.15. The van der Waals surface area contributed by atoms with Crippen LogP contribution in [0.5, 0.6) is 0 Å². The molecule has 2 aromatic rings. The lowest BCUT2D eigenvalue weighted by molar-refractivity contribution is 0.111. The largest absolute Gasteiger partial charge is 0.347 e. The van der Waals surface area contributed by atoms with Crippen molar-refractivity contribution < 1.29 is 9.59 Å². The second-order valence-electron chi connectivity index (χ2n) is 4.57. The molecule has 0 aliphatic rings. The summed E-state index contributed by atoms with van der Waals surface area (Å²) >= 11 is 1.51. The van der Waals surface area contributed by atoms with E-state index in [-0.39, 0.29) is 0 Å². The van der Waals surface area contributed by atoms with Gasteiger partial charge in [-0.05, 0) is 49.9 Å². The van der Waals surface area contributed by atoms with E-state index in [2.05, 4.69) is 9.97 Å². The van der Waals surface area contributed by atoms with Crippen LogP contribution in [0.1, 0.15) is 43.2 Å². The van der Waals surface area contributed by atoms with Gasteiger partial charge >= 0.3 is 0 Å². The lowest BCUT2D eigenvalue weighted by atomic mass is 10.2. The highest BCUT2D eigenvalue weighted by atomic mass is 32.2. The van der Waals surface area contributed by atoms with Gasteiger partial charge in [-0.25, -0.2) is 0 Å². The summed E-state index contributed by atoms with van der Waals surface area (Å²) in [5.41, 5.74) is 5.27. The minimum atomic E-state index is 0.608. The SMILES string of the molecule is Cc1c(C=O)[nH]c(Sc2[nH]c(C=O)c(C)c2C)c1C. The topological polar surface area (TPSA) is 65.7 Å². The van der Waals surface area contributed by atoms with Crippen molar-refractivity contribution in [1.29, 1.82) is 0 Å². The Morgan fingerprint density at radius 3 is 1.37 bits per heavy atom. The van der Waals surface area contributed by atoms with Gasteiger partial charge in [0.1, 0.15) is 0 Å². The van der Waals surface area contributed by atoms with Gasteiger partial charge in [0.2, 0.25) is 0 Å². The van der Waals surface area contributed by atoms with E-state index in [0.29, 0.717) is 11.4 Å². The Hall–Kier alpha value is -1.75. The van der Waals surface area contributed by atoms with Gasteiger partial charge in [-0.1, -0.05) is 11.8 Å². The molecule has 0 aliphatic heterocycles. The maximum absolute atomic E-state index is 10.9. The molecule has 2 aromatic heterocycles. The van der Waals surface area contributed by atoms with Crippen LogP contribution in [0.2, 0.25) is 0 Å². The first-order valence-corrected chi connectivity index (χ1v) is 6.77. The predicted molar refractivity (Wildman–Crippen MR) is 75.4 cm³/mol. The smallest absolute Gasteiger partial charge is 0.166 e. The number of carbonyl (C=O) groups is 2. The Labute approximate surface area is 116 Å². The fraction of sp³-hybridized carbons (Fsp3) is 0.286. The molecule has 0 saturated carbocycles. The molecule has 0 spiro atoms. The van der Waals surface area contributed by atoms with Crippen molar-refractivity contribution in [2.45, 2.75) is 37.7 Å². The summed E-state index contributed by atoms with van der Waals surface area (Å²) in [6, 6.07) is 0. The Balaban J connectivity index is 2.41. The number of aldehydes is 2. The normalized spacial score (nSPS) is 10.7. The van der Waals surface area contributed by atoms with Crippen molar-refractivity contribution in [2.75, 3.05) is 0 Å². The van der Waals surface area contributed by atoms with Crippen molar-refractivity contribution >= 4 is 24.3 Å². The van der Waals surface area contributed by atoms with E-state index in [4.69, 9.17) is 0 Å². The number of H-pyrrole nitrogens is 2. The third-order valence-corrected chi connectivity index (χ3v) is 4.78. The van der Waals surface area contributed by atoms with E-state index < -0.39 is 0 Å². The monoisotopic (exact) mass is 276 g/mol. The number of hydrogen-bond acceptors (Lipinski definition) is 3. The molecule has 0 aliphatic carbocycles. The third kappa shape index (κ3) is 2.26. The Morgan fingerprint density at radius 1 is 0.737 bits per heavy atom. The van der Waals surface area contributed by atoms with E-state index in [9.17, 15) is 9.59 Å². The van der Waals surface area contributed by atoms with Gasteiger partial charge < -0.3 is 9.97 Å². The second-order valence-corrected chi connectivity index (χ2v) is 5.59. The molecule has 19 heavy (non-hydrogen) atoms. The van der Waals surface area contributed by atoms with Gasteiger partial charge in [0.15, 0.2) is 12.6 Å². The van der Waals surface area contributed by atoms with Gasteiger partial charge in [0, 0.05) is 0 Å². The molecule has 0 radical (unpaired) electrons. The molecule has 4 nitrogen and oxygen atoms in total. The molecule has 0 bridgehead atoms. The molecule has 0 fully saturated rings. The fourth-order valence-corrected chi connectivity index (χ4v) is 3.04. The van der Waals surface area contributed by atoms with Gasteiger partial charge in [-0.2, -0.15) is 0 Å². The van der Waals surface area contributed by atoms with E-state index in [0.717, 1.165) is 44.9 Å². The Kier molecular flexibility index (Phi) is 3.66. The van der Waals surface area contributed by atoms with Gasteiger partial charge in [0.05, 0.1) is 21.4 Å². The molecule has 0 saturated heterocycles. The number of rotatable bonds is 4. The fourth-order valence-electron chi connectivity index (χ4n) is 1.91. The maximum atomic E-state index is 10.9. The summed E-state index contributed by atoms with van der Waals surface area (Å²) in [4.78, 5) is 28.1. The Bertz CT molecular complexity index is 597. The molecule has 0 amide bonds. The molecule has 0 aromatic carbocycles. The summed E-state index contributed by atoms with van der Waals surface area (Å²) in [6.45, 7) is 7.80. The molecule has 100 valence electrons. The highest BCUT2D eigenvalue weighted by molar-refractivity contribution is 7.99. The van der Waals surface area contributed by atoms with Crippen LogP contribution in [-0.4, -0.2) is 22.5 Å². The van der Waals surface area contributed by atoms with Gasteiger partial charge in [-0.15, -0.1) is 0 Å².